The van der Waals surface area contributed by atoms with Gasteiger partial charge >= 0.3 is 0 Å². The molecule has 0 unspecified atom stereocenters. The fourth-order valence-electron chi connectivity index (χ4n) is 4.72. The normalized spacial score (nSPS) is 16.5. The number of halogens is 2. The molecule has 1 aromatic heterocycles. The smallest absolute Gasteiger partial charge is 0.256 e. The molecule has 1 saturated heterocycles. The lowest BCUT2D eigenvalue weighted by Gasteiger charge is -2.35. The maximum atomic E-state index is 13.3. The van der Waals surface area contributed by atoms with Gasteiger partial charge in [-0.3, -0.25) is 9.59 Å². The number of piperazine rings is 1. The van der Waals surface area contributed by atoms with Gasteiger partial charge in [-0.25, -0.2) is 4.39 Å². The Bertz CT molecular complexity index is 1180. The van der Waals surface area contributed by atoms with Crippen molar-refractivity contribution in [2.45, 2.75) is 25.7 Å². The van der Waals surface area contributed by atoms with Crippen LogP contribution in [0.1, 0.15) is 44.8 Å². The lowest BCUT2D eigenvalue weighted by molar-refractivity contribution is 0.0536. The molecule has 0 spiro atoms. The van der Waals surface area contributed by atoms with E-state index in [1.54, 1.807) is 9.80 Å². The molecular weight excluding hydrogens is 417 g/mol. The van der Waals surface area contributed by atoms with Gasteiger partial charge in [0.25, 0.3) is 11.8 Å². The Hall–Kier alpha value is -2.86. The van der Waals surface area contributed by atoms with E-state index < -0.39 is 5.82 Å². The predicted octanol–water partition coefficient (Wildman–Crippen LogP) is 4.44. The number of aromatic amines is 1. The number of aryl methyl sites for hydroxylation is 2. The lowest BCUT2D eigenvalue weighted by atomic mass is 9.95. The van der Waals surface area contributed by atoms with Gasteiger partial charge in [0, 0.05) is 37.3 Å². The van der Waals surface area contributed by atoms with Crippen LogP contribution in [0.15, 0.2) is 36.4 Å². The monoisotopic (exact) mass is 439 g/mol. The Kier molecular flexibility index (Phi) is 5.18. The van der Waals surface area contributed by atoms with E-state index in [2.05, 4.69) is 11.1 Å². The molecule has 0 saturated carbocycles. The van der Waals surface area contributed by atoms with Crippen molar-refractivity contribution in [2.24, 2.45) is 0 Å². The van der Waals surface area contributed by atoms with E-state index in [0.717, 1.165) is 29.8 Å². The van der Waals surface area contributed by atoms with Crippen molar-refractivity contribution in [3.8, 4) is 0 Å². The number of para-hydroxylation sites is 1. The van der Waals surface area contributed by atoms with Crippen molar-refractivity contribution < 1.29 is 14.0 Å². The van der Waals surface area contributed by atoms with E-state index in [1.165, 1.54) is 36.2 Å². The van der Waals surface area contributed by atoms with Crippen LogP contribution in [0.5, 0.6) is 0 Å². The van der Waals surface area contributed by atoms with Crippen LogP contribution in [0.4, 0.5) is 4.39 Å². The summed E-state index contributed by atoms with van der Waals surface area (Å²) >= 11 is 6.05. The number of H-pyrrole nitrogens is 1. The molecule has 5 nitrogen and oxygen atoms in total. The first-order valence-corrected chi connectivity index (χ1v) is 11.1. The summed E-state index contributed by atoms with van der Waals surface area (Å²) in [5.74, 6) is -0.732. The number of amides is 2. The minimum absolute atomic E-state index is 0.0175. The average Bonchev–Trinajstić information content (AvgIpc) is 3.17. The molecule has 0 atom stereocenters. The minimum atomic E-state index is -0.475. The SMILES string of the molecule is O=C(c1ccc(F)cc1Cl)N1CCN(C(=O)c2cccc3c4c([nH]c23)CCCC4)CC1. The minimum Gasteiger partial charge on any atom is -0.358 e. The van der Waals surface area contributed by atoms with Gasteiger partial charge in [0.05, 0.1) is 21.7 Å². The first-order valence-electron chi connectivity index (χ1n) is 10.7. The molecule has 2 aromatic carbocycles. The zero-order valence-electron chi connectivity index (χ0n) is 17.1. The second kappa shape index (κ2) is 8.00. The molecule has 1 aliphatic carbocycles. The predicted molar refractivity (Wildman–Crippen MR) is 118 cm³/mol. The molecular formula is C24H23ClFN3O2. The lowest BCUT2D eigenvalue weighted by Crippen LogP contribution is -2.50. The number of carbonyl (C=O) groups is 2. The van der Waals surface area contributed by atoms with Crippen LogP contribution in [-0.4, -0.2) is 52.8 Å². The van der Waals surface area contributed by atoms with E-state index in [9.17, 15) is 14.0 Å². The molecule has 1 aliphatic heterocycles. The number of fused-ring (bicyclic) bond motifs is 3. The summed E-state index contributed by atoms with van der Waals surface area (Å²) in [4.78, 5) is 33.0. The molecule has 160 valence electrons. The van der Waals surface area contributed by atoms with E-state index in [-0.39, 0.29) is 22.4 Å². The standard InChI is InChI=1S/C24H23ClFN3O2/c25-20-14-15(26)8-9-18(20)23(30)28-10-12-29(13-11-28)24(31)19-6-3-5-17-16-4-1-2-7-21(16)27-22(17)19/h3,5-6,8-9,14,27H,1-2,4,7,10-13H2. The third-order valence-electron chi connectivity index (χ3n) is 6.38. The highest BCUT2D eigenvalue weighted by Gasteiger charge is 2.28. The molecule has 2 amide bonds. The largest absolute Gasteiger partial charge is 0.358 e. The van der Waals surface area contributed by atoms with Gasteiger partial charge in [0.2, 0.25) is 0 Å². The highest BCUT2D eigenvalue weighted by molar-refractivity contribution is 6.33. The Morgan fingerprint density at radius 1 is 0.903 bits per heavy atom. The molecule has 0 bridgehead atoms. The molecule has 2 aliphatic rings. The Morgan fingerprint density at radius 3 is 2.29 bits per heavy atom. The Balaban J connectivity index is 1.32. The van der Waals surface area contributed by atoms with E-state index in [1.807, 2.05) is 12.1 Å². The number of hydrogen-bond donors (Lipinski definition) is 1. The number of nitrogens with one attached hydrogen (secondary N) is 1. The number of benzene rings is 2. The third-order valence-corrected chi connectivity index (χ3v) is 6.69. The highest BCUT2D eigenvalue weighted by atomic mass is 35.5. The summed E-state index contributed by atoms with van der Waals surface area (Å²) in [6.45, 7) is 1.71. The maximum Gasteiger partial charge on any atom is 0.256 e. The highest BCUT2D eigenvalue weighted by Crippen LogP contribution is 2.31. The number of hydrogen-bond acceptors (Lipinski definition) is 2. The van der Waals surface area contributed by atoms with Crippen LogP contribution < -0.4 is 0 Å². The van der Waals surface area contributed by atoms with Gasteiger partial charge in [-0.05, 0) is 55.5 Å². The number of nitrogens with zero attached hydrogens (tertiary/aromatic N) is 2. The number of rotatable bonds is 2. The topological polar surface area (TPSA) is 56.4 Å². The molecule has 0 radical (unpaired) electrons. The molecule has 5 rings (SSSR count). The summed E-state index contributed by atoms with van der Waals surface area (Å²) < 4.78 is 13.3. The van der Waals surface area contributed by atoms with Gasteiger partial charge in [0.1, 0.15) is 5.82 Å². The van der Waals surface area contributed by atoms with E-state index in [4.69, 9.17) is 11.6 Å². The zero-order valence-corrected chi connectivity index (χ0v) is 17.8. The summed E-state index contributed by atoms with van der Waals surface area (Å²) in [6, 6.07) is 9.71. The van der Waals surface area contributed by atoms with Crippen LogP contribution in [0.3, 0.4) is 0 Å². The van der Waals surface area contributed by atoms with Crippen LogP contribution in [0.25, 0.3) is 10.9 Å². The summed E-state index contributed by atoms with van der Waals surface area (Å²) in [5, 5.41) is 1.26. The first kappa shape index (κ1) is 20.1. The van der Waals surface area contributed by atoms with E-state index >= 15 is 0 Å². The summed E-state index contributed by atoms with van der Waals surface area (Å²) in [7, 11) is 0. The van der Waals surface area contributed by atoms with Crippen molar-refractivity contribution in [1.82, 2.24) is 14.8 Å². The molecule has 1 N–H and O–H groups in total. The fourth-order valence-corrected chi connectivity index (χ4v) is 4.97. The zero-order chi connectivity index (χ0) is 21.5. The molecule has 3 aromatic rings. The quantitative estimate of drug-likeness (QED) is 0.642. The van der Waals surface area contributed by atoms with Crippen molar-refractivity contribution in [3.05, 3.63) is 69.6 Å². The van der Waals surface area contributed by atoms with Gasteiger partial charge in [-0.15, -0.1) is 0 Å². The Labute approximate surface area is 184 Å². The van der Waals surface area contributed by atoms with Crippen molar-refractivity contribution >= 4 is 34.3 Å². The Morgan fingerprint density at radius 2 is 1.58 bits per heavy atom. The third kappa shape index (κ3) is 3.59. The van der Waals surface area contributed by atoms with Crippen LogP contribution in [0.2, 0.25) is 5.02 Å². The summed E-state index contributed by atoms with van der Waals surface area (Å²) in [5.41, 5.74) is 4.50. The van der Waals surface area contributed by atoms with Crippen molar-refractivity contribution in [1.29, 1.82) is 0 Å². The second-order valence-electron chi connectivity index (χ2n) is 8.23. The molecule has 2 heterocycles. The first-order chi connectivity index (χ1) is 15.0. The van der Waals surface area contributed by atoms with Gasteiger partial charge in [0.15, 0.2) is 0 Å². The van der Waals surface area contributed by atoms with Gasteiger partial charge < -0.3 is 14.8 Å². The molecule has 31 heavy (non-hydrogen) atoms. The number of carbonyl (C=O) groups excluding carboxylic acids is 2. The maximum absolute atomic E-state index is 13.3. The van der Waals surface area contributed by atoms with Crippen molar-refractivity contribution in [2.75, 3.05) is 26.2 Å². The summed E-state index contributed by atoms with van der Waals surface area (Å²) in [6.07, 6.45) is 4.45. The van der Waals surface area contributed by atoms with Gasteiger partial charge in [-0.1, -0.05) is 23.7 Å². The molecule has 1 fully saturated rings. The second-order valence-corrected chi connectivity index (χ2v) is 8.63. The molecule has 7 heteroatoms. The number of aromatic nitrogens is 1. The van der Waals surface area contributed by atoms with Crippen LogP contribution >= 0.6 is 11.6 Å². The van der Waals surface area contributed by atoms with Crippen molar-refractivity contribution in [3.63, 3.8) is 0 Å². The average molecular weight is 440 g/mol. The van der Waals surface area contributed by atoms with E-state index in [0.29, 0.717) is 31.7 Å². The van der Waals surface area contributed by atoms with Crippen LogP contribution in [0, 0.1) is 5.82 Å². The van der Waals surface area contributed by atoms with Crippen LogP contribution in [-0.2, 0) is 12.8 Å². The van der Waals surface area contributed by atoms with Gasteiger partial charge in [-0.2, -0.15) is 0 Å². The fraction of sp³-hybridized carbons (Fsp3) is 0.333.